The molecule has 0 fully saturated rings. The van der Waals surface area contributed by atoms with Crippen molar-refractivity contribution in [2.75, 3.05) is 6.54 Å². The first-order valence-corrected chi connectivity index (χ1v) is 8.92. The van der Waals surface area contributed by atoms with Crippen molar-refractivity contribution in [3.05, 3.63) is 23.5 Å². The average molecular weight is 321 g/mol. The summed E-state index contributed by atoms with van der Waals surface area (Å²) in [6, 6.07) is 0.422. The van der Waals surface area contributed by atoms with Crippen LogP contribution in [-0.4, -0.2) is 27.9 Å². The maximum absolute atomic E-state index is 4.65. The molecule has 0 amide bonds. The number of rotatable bonds is 7. The van der Waals surface area contributed by atoms with Gasteiger partial charge in [-0.05, 0) is 32.6 Å². The smallest absolute Gasteiger partial charge is 0.193 e. The van der Waals surface area contributed by atoms with Crippen LogP contribution in [0.3, 0.4) is 0 Å². The number of thiazole rings is 1. The molecule has 1 atom stereocenters. The van der Waals surface area contributed by atoms with Crippen LogP contribution < -0.4 is 10.6 Å². The van der Waals surface area contributed by atoms with Crippen LogP contribution in [0.25, 0.3) is 4.96 Å². The van der Waals surface area contributed by atoms with Crippen LogP contribution in [0.1, 0.15) is 46.2 Å². The number of aromatic nitrogens is 2. The molecule has 22 heavy (non-hydrogen) atoms. The molecule has 2 aromatic rings. The lowest BCUT2D eigenvalue weighted by Gasteiger charge is -2.18. The van der Waals surface area contributed by atoms with Gasteiger partial charge in [0, 0.05) is 30.4 Å². The minimum absolute atomic E-state index is 0.422. The van der Waals surface area contributed by atoms with Gasteiger partial charge in [-0.15, -0.1) is 11.3 Å². The SMILES string of the molecule is CCNC(=NCc1cn2ccsc2n1)NC(C)CCC(C)C. The molecule has 0 saturated carbocycles. The van der Waals surface area contributed by atoms with E-state index in [1.807, 2.05) is 22.2 Å². The lowest BCUT2D eigenvalue weighted by atomic mass is 10.0. The Bertz CT molecular complexity index is 570. The van der Waals surface area contributed by atoms with E-state index in [2.05, 4.69) is 48.3 Å². The fraction of sp³-hybridized carbons (Fsp3) is 0.625. The van der Waals surface area contributed by atoms with Gasteiger partial charge in [-0.1, -0.05) is 13.8 Å². The molecule has 2 heterocycles. The molecule has 0 aliphatic rings. The first-order chi connectivity index (χ1) is 10.6. The van der Waals surface area contributed by atoms with E-state index in [9.17, 15) is 0 Å². The topological polar surface area (TPSA) is 53.7 Å². The van der Waals surface area contributed by atoms with Crippen LogP contribution in [0.5, 0.6) is 0 Å². The van der Waals surface area contributed by atoms with Gasteiger partial charge in [0.1, 0.15) is 0 Å². The van der Waals surface area contributed by atoms with Crippen molar-refractivity contribution in [2.24, 2.45) is 10.9 Å². The Morgan fingerprint density at radius 2 is 2.18 bits per heavy atom. The summed E-state index contributed by atoms with van der Waals surface area (Å²) in [5.41, 5.74) is 0.999. The number of fused-ring (bicyclic) bond motifs is 1. The molecule has 2 N–H and O–H groups in total. The van der Waals surface area contributed by atoms with Crippen LogP contribution in [0, 0.1) is 5.92 Å². The highest BCUT2D eigenvalue weighted by atomic mass is 32.1. The quantitative estimate of drug-likeness (QED) is 0.608. The molecule has 2 rings (SSSR count). The molecule has 0 aliphatic heterocycles. The summed E-state index contributed by atoms with van der Waals surface area (Å²) in [5.74, 6) is 1.61. The zero-order valence-corrected chi connectivity index (χ0v) is 14.8. The van der Waals surface area contributed by atoms with Gasteiger partial charge in [-0.3, -0.25) is 4.40 Å². The number of hydrogen-bond acceptors (Lipinski definition) is 3. The van der Waals surface area contributed by atoms with E-state index in [1.165, 1.54) is 6.42 Å². The third-order valence-corrected chi connectivity index (χ3v) is 4.22. The van der Waals surface area contributed by atoms with Gasteiger partial charge >= 0.3 is 0 Å². The van der Waals surface area contributed by atoms with E-state index in [4.69, 9.17) is 0 Å². The van der Waals surface area contributed by atoms with E-state index < -0.39 is 0 Å². The van der Waals surface area contributed by atoms with Crippen LogP contribution in [0.2, 0.25) is 0 Å². The number of hydrogen-bond donors (Lipinski definition) is 2. The molecule has 0 aliphatic carbocycles. The standard InChI is InChI=1S/C16H27N5S/c1-5-17-15(19-13(4)7-6-12(2)3)18-10-14-11-21-8-9-22-16(21)20-14/h8-9,11-13H,5-7,10H2,1-4H3,(H2,17,18,19). The highest BCUT2D eigenvalue weighted by Gasteiger charge is 2.07. The van der Waals surface area contributed by atoms with Crippen molar-refractivity contribution in [1.82, 2.24) is 20.0 Å². The van der Waals surface area contributed by atoms with Crippen molar-refractivity contribution in [3.8, 4) is 0 Å². The number of guanidine groups is 1. The summed E-state index contributed by atoms with van der Waals surface area (Å²) < 4.78 is 2.04. The molecule has 5 nitrogen and oxygen atoms in total. The summed E-state index contributed by atoms with van der Waals surface area (Å²) in [6.45, 7) is 10.3. The number of aliphatic imine (C=N–C) groups is 1. The van der Waals surface area contributed by atoms with Crippen LogP contribution >= 0.6 is 11.3 Å². The fourth-order valence-corrected chi connectivity index (χ4v) is 2.94. The van der Waals surface area contributed by atoms with Gasteiger partial charge in [-0.25, -0.2) is 9.98 Å². The first-order valence-electron chi connectivity index (χ1n) is 8.04. The highest BCUT2D eigenvalue weighted by molar-refractivity contribution is 7.15. The minimum atomic E-state index is 0.422. The molecule has 122 valence electrons. The predicted octanol–water partition coefficient (Wildman–Crippen LogP) is 3.28. The zero-order valence-electron chi connectivity index (χ0n) is 14.0. The van der Waals surface area contributed by atoms with Gasteiger partial charge < -0.3 is 10.6 Å². The van der Waals surface area contributed by atoms with Crippen molar-refractivity contribution in [1.29, 1.82) is 0 Å². The van der Waals surface area contributed by atoms with Crippen molar-refractivity contribution >= 4 is 22.3 Å². The van der Waals surface area contributed by atoms with Crippen molar-refractivity contribution in [3.63, 3.8) is 0 Å². The Balaban J connectivity index is 1.92. The average Bonchev–Trinajstić information content (AvgIpc) is 3.03. The third-order valence-electron chi connectivity index (χ3n) is 3.45. The van der Waals surface area contributed by atoms with E-state index >= 15 is 0 Å². The summed E-state index contributed by atoms with van der Waals surface area (Å²) in [6.07, 6.45) is 6.45. The molecule has 0 bridgehead atoms. The molecule has 0 spiro atoms. The van der Waals surface area contributed by atoms with Crippen LogP contribution in [0.15, 0.2) is 22.8 Å². The zero-order chi connectivity index (χ0) is 15.9. The Kier molecular flexibility index (Phi) is 6.24. The number of nitrogens with one attached hydrogen (secondary N) is 2. The monoisotopic (exact) mass is 321 g/mol. The summed E-state index contributed by atoms with van der Waals surface area (Å²) >= 11 is 1.64. The lowest BCUT2D eigenvalue weighted by Crippen LogP contribution is -2.42. The third kappa shape index (κ3) is 5.02. The largest absolute Gasteiger partial charge is 0.357 e. The second-order valence-corrected chi connectivity index (χ2v) is 6.91. The van der Waals surface area contributed by atoms with Crippen molar-refractivity contribution in [2.45, 2.75) is 53.1 Å². The van der Waals surface area contributed by atoms with Gasteiger partial charge in [0.05, 0.1) is 12.2 Å². The molecule has 0 radical (unpaired) electrons. The van der Waals surface area contributed by atoms with Crippen LogP contribution in [0.4, 0.5) is 0 Å². The second-order valence-electron chi connectivity index (χ2n) is 6.04. The Morgan fingerprint density at radius 3 is 2.86 bits per heavy atom. The van der Waals surface area contributed by atoms with Gasteiger partial charge in [0.15, 0.2) is 10.9 Å². The van der Waals surface area contributed by atoms with Crippen molar-refractivity contribution < 1.29 is 0 Å². The molecule has 1 unspecified atom stereocenters. The Morgan fingerprint density at radius 1 is 1.36 bits per heavy atom. The van der Waals surface area contributed by atoms with E-state index in [0.717, 1.165) is 35.5 Å². The van der Waals surface area contributed by atoms with Crippen LogP contribution in [-0.2, 0) is 6.54 Å². The Hall–Kier alpha value is -1.56. The molecular weight excluding hydrogens is 294 g/mol. The fourth-order valence-electron chi connectivity index (χ4n) is 2.22. The van der Waals surface area contributed by atoms with E-state index in [1.54, 1.807) is 11.3 Å². The normalized spacial score (nSPS) is 13.8. The van der Waals surface area contributed by atoms with Gasteiger partial charge in [0.2, 0.25) is 0 Å². The molecule has 0 aromatic carbocycles. The molecule has 2 aromatic heterocycles. The maximum atomic E-state index is 4.65. The number of imidazole rings is 1. The van der Waals surface area contributed by atoms with E-state index in [0.29, 0.717) is 12.6 Å². The predicted molar refractivity (Wildman–Crippen MR) is 94.6 cm³/mol. The van der Waals surface area contributed by atoms with Gasteiger partial charge in [0.25, 0.3) is 0 Å². The molecular formula is C16H27N5S. The number of nitrogens with zero attached hydrogens (tertiary/aromatic N) is 3. The molecule has 6 heteroatoms. The summed E-state index contributed by atoms with van der Waals surface area (Å²) in [7, 11) is 0. The lowest BCUT2D eigenvalue weighted by molar-refractivity contribution is 0.489. The van der Waals surface area contributed by atoms with Gasteiger partial charge in [-0.2, -0.15) is 0 Å². The van der Waals surface area contributed by atoms with E-state index in [-0.39, 0.29) is 0 Å². The highest BCUT2D eigenvalue weighted by Crippen LogP contribution is 2.12. The Labute approximate surface area is 136 Å². The molecule has 0 saturated heterocycles. The summed E-state index contributed by atoms with van der Waals surface area (Å²) in [5, 5.41) is 8.82. The first kappa shape index (κ1) is 16.8. The summed E-state index contributed by atoms with van der Waals surface area (Å²) in [4.78, 5) is 10.2. The maximum Gasteiger partial charge on any atom is 0.193 e. The second kappa shape index (κ2) is 8.17. The minimum Gasteiger partial charge on any atom is -0.357 e.